The second-order valence-corrected chi connectivity index (χ2v) is 4.48. The van der Waals surface area contributed by atoms with Crippen molar-refractivity contribution in [1.82, 2.24) is 4.90 Å². The highest BCUT2D eigenvalue weighted by Crippen LogP contribution is 2.12. The van der Waals surface area contributed by atoms with E-state index in [1.54, 1.807) is 0 Å². The molecule has 0 aliphatic heterocycles. The molecule has 0 heterocycles. The molecular weight excluding hydrogens is 228 g/mol. The van der Waals surface area contributed by atoms with Gasteiger partial charge in [0, 0.05) is 19.6 Å². The summed E-state index contributed by atoms with van der Waals surface area (Å²) in [6.45, 7) is 4.51. The number of nitrogens with zero attached hydrogens (tertiary/aromatic N) is 1. The number of aliphatic hydroxyl groups is 1. The summed E-state index contributed by atoms with van der Waals surface area (Å²) < 4.78 is 5.40. The lowest BCUT2D eigenvalue weighted by Crippen LogP contribution is -2.35. The molecular formula is C14H24N2O2. The monoisotopic (exact) mass is 252 g/mol. The maximum absolute atomic E-state index is 9.44. The van der Waals surface area contributed by atoms with Gasteiger partial charge in [-0.25, -0.2) is 0 Å². The predicted octanol–water partition coefficient (Wildman–Crippen LogP) is 0.879. The highest BCUT2D eigenvalue weighted by molar-refractivity contribution is 5.27. The van der Waals surface area contributed by atoms with Gasteiger partial charge in [-0.05, 0) is 38.1 Å². The van der Waals surface area contributed by atoms with E-state index in [0.717, 1.165) is 18.7 Å². The quantitative estimate of drug-likeness (QED) is 0.721. The van der Waals surface area contributed by atoms with Crippen LogP contribution in [0, 0.1) is 0 Å². The molecule has 3 N–H and O–H groups in total. The molecule has 0 saturated carbocycles. The van der Waals surface area contributed by atoms with Crippen LogP contribution >= 0.6 is 0 Å². The van der Waals surface area contributed by atoms with Gasteiger partial charge in [0.1, 0.15) is 5.75 Å². The SMILES string of the molecule is CCOc1ccc(CCN(C)CC(O)CN)cc1. The fourth-order valence-electron chi connectivity index (χ4n) is 1.76. The van der Waals surface area contributed by atoms with Crippen molar-refractivity contribution in [3.05, 3.63) is 29.8 Å². The van der Waals surface area contributed by atoms with Crippen LogP contribution in [0.1, 0.15) is 12.5 Å². The Kier molecular flexibility index (Phi) is 6.72. The van der Waals surface area contributed by atoms with Gasteiger partial charge >= 0.3 is 0 Å². The van der Waals surface area contributed by atoms with Crippen molar-refractivity contribution in [3.8, 4) is 5.75 Å². The summed E-state index contributed by atoms with van der Waals surface area (Å²) in [6.07, 6.45) is 0.524. The van der Waals surface area contributed by atoms with Gasteiger partial charge in [-0.2, -0.15) is 0 Å². The highest BCUT2D eigenvalue weighted by atomic mass is 16.5. The molecule has 1 atom stereocenters. The van der Waals surface area contributed by atoms with E-state index in [2.05, 4.69) is 17.0 Å². The van der Waals surface area contributed by atoms with E-state index in [4.69, 9.17) is 10.5 Å². The van der Waals surface area contributed by atoms with Crippen LogP contribution in [0.5, 0.6) is 5.75 Å². The lowest BCUT2D eigenvalue weighted by atomic mass is 10.1. The topological polar surface area (TPSA) is 58.7 Å². The fraction of sp³-hybridized carbons (Fsp3) is 0.571. The Bertz CT molecular complexity index is 327. The molecule has 0 aliphatic rings. The summed E-state index contributed by atoms with van der Waals surface area (Å²) in [6, 6.07) is 8.15. The molecule has 0 bridgehead atoms. The number of hydrogen-bond donors (Lipinski definition) is 2. The molecule has 0 spiro atoms. The minimum Gasteiger partial charge on any atom is -0.494 e. The molecule has 1 unspecified atom stereocenters. The van der Waals surface area contributed by atoms with Crippen LogP contribution in [-0.2, 0) is 6.42 Å². The molecule has 0 amide bonds. The predicted molar refractivity (Wildman–Crippen MR) is 73.9 cm³/mol. The first kappa shape index (κ1) is 15.0. The average Bonchev–Trinajstić information content (AvgIpc) is 2.38. The minimum atomic E-state index is -0.435. The molecule has 4 nitrogen and oxygen atoms in total. The highest BCUT2D eigenvalue weighted by Gasteiger charge is 2.06. The number of aliphatic hydroxyl groups excluding tert-OH is 1. The van der Waals surface area contributed by atoms with Crippen molar-refractivity contribution in [2.24, 2.45) is 5.73 Å². The van der Waals surface area contributed by atoms with Crippen LogP contribution in [0.15, 0.2) is 24.3 Å². The molecule has 1 aromatic carbocycles. The van der Waals surface area contributed by atoms with Crippen molar-refractivity contribution in [2.45, 2.75) is 19.4 Å². The number of likely N-dealkylation sites (N-methyl/N-ethyl adjacent to an activating group) is 1. The Hall–Kier alpha value is -1.10. The van der Waals surface area contributed by atoms with Crippen molar-refractivity contribution < 1.29 is 9.84 Å². The third kappa shape index (κ3) is 5.49. The lowest BCUT2D eigenvalue weighted by molar-refractivity contribution is 0.133. The van der Waals surface area contributed by atoms with Gasteiger partial charge in [0.25, 0.3) is 0 Å². The molecule has 1 aromatic rings. The van der Waals surface area contributed by atoms with Crippen molar-refractivity contribution in [3.63, 3.8) is 0 Å². The molecule has 0 radical (unpaired) electrons. The Morgan fingerprint density at radius 1 is 1.33 bits per heavy atom. The Morgan fingerprint density at radius 3 is 2.56 bits per heavy atom. The maximum Gasteiger partial charge on any atom is 0.119 e. The van der Waals surface area contributed by atoms with Crippen LogP contribution in [0.3, 0.4) is 0 Å². The van der Waals surface area contributed by atoms with Gasteiger partial charge < -0.3 is 20.5 Å². The van der Waals surface area contributed by atoms with Gasteiger partial charge in [0.05, 0.1) is 12.7 Å². The van der Waals surface area contributed by atoms with E-state index in [9.17, 15) is 5.11 Å². The second-order valence-electron chi connectivity index (χ2n) is 4.48. The average molecular weight is 252 g/mol. The van der Waals surface area contributed by atoms with Crippen LogP contribution < -0.4 is 10.5 Å². The van der Waals surface area contributed by atoms with Crippen LogP contribution in [0.2, 0.25) is 0 Å². The number of benzene rings is 1. The lowest BCUT2D eigenvalue weighted by Gasteiger charge is -2.19. The van der Waals surface area contributed by atoms with Gasteiger partial charge in [-0.3, -0.25) is 0 Å². The number of hydrogen-bond acceptors (Lipinski definition) is 4. The molecule has 4 heteroatoms. The van der Waals surface area contributed by atoms with Crippen molar-refractivity contribution in [2.75, 3.05) is 33.3 Å². The van der Waals surface area contributed by atoms with E-state index in [-0.39, 0.29) is 0 Å². The van der Waals surface area contributed by atoms with E-state index in [1.807, 2.05) is 26.1 Å². The molecule has 0 aliphatic carbocycles. The standard InChI is InChI=1S/C14H24N2O2/c1-3-18-14-6-4-12(5-7-14)8-9-16(2)11-13(17)10-15/h4-7,13,17H,3,8-11,15H2,1-2H3. The van der Waals surface area contributed by atoms with E-state index >= 15 is 0 Å². The molecule has 1 rings (SSSR count). The summed E-state index contributed by atoms with van der Waals surface area (Å²) in [5, 5.41) is 9.44. The first-order valence-corrected chi connectivity index (χ1v) is 6.44. The first-order valence-electron chi connectivity index (χ1n) is 6.44. The molecule has 18 heavy (non-hydrogen) atoms. The number of ether oxygens (including phenoxy) is 1. The third-order valence-corrected chi connectivity index (χ3v) is 2.81. The summed E-state index contributed by atoms with van der Waals surface area (Å²) in [4.78, 5) is 2.09. The van der Waals surface area contributed by atoms with Crippen molar-refractivity contribution in [1.29, 1.82) is 0 Å². The summed E-state index contributed by atoms with van der Waals surface area (Å²) >= 11 is 0. The minimum absolute atomic E-state index is 0.313. The van der Waals surface area contributed by atoms with Crippen LogP contribution in [-0.4, -0.2) is 49.4 Å². The number of rotatable bonds is 8. The first-order chi connectivity index (χ1) is 8.65. The number of nitrogens with two attached hydrogens (primary N) is 1. The fourth-order valence-corrected chi connectivity index (χ4v) is 1.76. The Morgan fingerprint density at radius 2 is 2.00 bits per heavy atom. The maximum atomic E-state index is 9.44. The van der Waals surface area contributed by atoms with Crippen LogP contribution in [0.25, 0.3) is 0 Å². The molecule has 0 fully saturated rings. The molecule has 0 saturated heterocycles. The zero-order chi connectivity index (χ0) is 13.4. The smallest absolute Gasteiger partial charge is 0.119 e. The third-order valence-electron chi connectivity index (χ3n) is 2.81. The summed E-state index contributed by atoms with van der Waals surface area (Å²) in [7, 11) is 1.99. The largest absolute Gasteiger partial charge is 0.494 e. The van der Waals surface area contributed by atoms with Gasteiger partial charge in [-0.15, -0.1) is 0 Å². The zero-order valence-electron chi connectivity index (χ0n) is 11.3. The van der Waals surface area contributed by atoms with Gasteiger partial charge in [0.2, 0.25) is 0 Å². The second kappa shape index (κ2) is 8.08. The molecule has 0 aromatic heterocycles. The summed E-state index contributed by atoms with van der Waals surface area (Å²) in [5.74, 6) is 0.910. The van der Waals surface area contributed by atoms with Crippen molar-refractivity contribution >= 4 is 0 Å². The summed E-state index contributed by atoms with van der Waals surface area (Å²) in [5.41, 5.74) is 6.65. The van der Waals surface area contributed by atoms with Crippen LogP contribution in [0.4, 0.5) is 0 Å². The Labute approximate surface area is 109 Å². The Balaban J connectivity index is 2.34. The van der Waals surface area contributed by atoms with E-state index < -0.39 is 6.10 Å². The van der Waals surface area contributed by atoms with Gasteiger partial charge in [-0.1, -0.05) is 12.1 Å². The van der Waals surface area contributed by atoms with Gasteiger partial charge in [0.15, 0.2) is 0 Å². The van der Waals surface area contributed by atoms with E-state index in [0.29, 0.717) is 19.7 Å². The normalized spacial score (nSPS) is 12.7. The molecule has 102 valence electrons. The zero-order valence-corrected chi connectivity index (χ0v) is 11.3. The van der Waals surface area contributed by atoms with E-state index in [1.165, 1.54) is 5.56 Å².